The second-order valence-electron chi connectivity index (χ2n) is 6.15. The van der Waals surface area contributed by atoms with Gasteiger partial charge in [0.1, 0.15) is 0 Å². The minimum atomic E-state index is -0.120. The Kier molecular flexibility index (Phi) is 6.84. The van der Waals surface area contributed by atoms with Crippen molar-refractivity contribution in [2.75, 3.05) is 39.5 Å². The number of aliphatic imine (C=N–C) groups is 1. The van der Waals surface area contributed by atoms with E-state index in [1.165, 1.54) is 7.11 Å². The molecule has 0 aromatic carbocycles. The summed E-state index contributed by atoms with van der Waals surface area (Å²) in [4.78, 5) is 18.7. The summed E-state index contributed by atoms with van der Waals surface area (Å²) < 4.78 is 5.01. The maximum absolute atomic E-state index is 11.8. The minimum Gasteiger partial charge on any atom is -0.469 e. The largest absolute Gasteiger partial charge is 0.469 e. The topological polar surface area (TPSA) is 53.9 Å². The monoisotopic (exact) mass is 315 g/mol. The van der Waals surface area contributed by atoms with Crippen molar-refractivity contribution in [3.63, 3.8) is 0 Å². The molecular weight excluding hydrogens is 286 g/mol. The van der Waals surface area contributed by atoms with Crippen molar-refractivity contribution in [2.45, 2.75) is 32.4 Å². The Morgan fingerprint density at radius 2 is 2.14 bits per heavy atom. The second kappa shape index (κ2) is 7.92. The van der Waals surface area contributed by atoms with Gasteiger partial charge in [0.15, 0.2) is 5.96 Å². The highest BCUT2D eigenvalue weighted by Gasteiger charge is 2.37. The summed E-state index contributed by atoms with van der Waals surface area (Å²) in [5.41, 5.74) is 0. The lowest BCUT2D eigenvalue weighted by Gasteiger charge is -2.24. The number of thioether (sulfide) groups is 1. The van der Waals surface area contributed by atoms with Crippen LogP contribution in [0.2, 0.25) is 0 Å². The number of carbonyl (C=O) groups excluding carboxylic acids is 1. The van der Waals surface area contributed by atoms with Crippen molar-refractivity contribution in [3.8, 4) is 0 Å². The van der Waals surface area contributed by atoms with E-state index in [2.05, 4.69) is 44.2 Å². The molecular formula is C15H29N3O2S. The van der Waals surface area contributed by atoms with E-state index in [1.54, 1.807) is 0 Å². The smallest absolute Gasteiger partial charge is 0.310 e. The molecule has 6 heteroatoms. The normalized spacial score (nSPS) is 23.3. The van der Waals surface area contributed by atoms with E-state index < -0.39 is 0 Å². The van der Waals surface area contributed by atoms with Gasteiger partial charge in [-0.05, 0) is 32.9 Å². The molecule has 1 aliphatic heterocycles. The van der Waals surface area contributed by atoms with Crippen molar-refractivity contribution in [1.29, 1.82) is 0 Å². The van der Waals surface area contributed by atoms with Crippen LogP contribution in [0.5, 0.6) is 0 Å². The van der Waals surface area contributed by atoms with E-state index in [9.17, 15) is 4.79 Å². The Labute approximate surface area is 132 Å². The Hall–Kier alpha value is -0.910. The molecule has 1 fully saturated rings. The highest BCUT2D eigenvalue weighted by atomic mass is 32.2. The fourth-order valence-electron chi connectivity index (χ4n) is 2.35. The molecule has 21 heavy (non-hydrogen) atoms. The van der Waals surface area contributed by atoms with Gasteiger partial charge in [0, 0.05) is 24.4 Å². The van der Waals surface area contributed by atoms with Crippen molar-refractivity contribution in [2.24, 2.45) is 16.8 Å². The van der Waals surface area contributed by atoms with Crippen LogP contribution in [0.25, 0.3) is 0 Å². The van der Waals surface area contributed by atoms with Crippen molar-refractivity contribution in [3.05, 3.63) is 0 Å². The van der Waals surface area contributed by atoms with Gasteiger partial charge < -0.3 is 15.0 Å². The fraction of sp³-hybridized carbons (Fsp3) is 0.867. The molecule has 1 N–H and O–H groups in total. The predicted molar refractivity (Wildman–Crippen MR) is 89.8 cm³/mol. The summed E-state index contributed by atoms with van der Waals surface area (Å²) in [5, 5.41) is 3.33. The number of hydrogen-bond acceptors (Lipinski definition) is 4. The van der Waals surface area contributed by atoms with Crippen LogP contribution in [0.1, 0.15) is 27.7 Å². The summed E-state index contributed by atoms with van der Waals surface area (Å²) in [6.07, 6.45) is 2.10. The maximum atomic E-state index is 11.8. The van der Waals surface area contributed by atoms with E-state index in [-0.39, 0.29) is 22.6 Å². The lowest BCUT2D eigenvalue weighted by Crippen LogP contribution is -2.41. The standard InChI is InChI=1S/C15H29N3O2S/c1-7-16-14(17-10-15(3,4)21-6)18-8-11(2)12(9-18)13(19)20-5/h11-12H,7-10H2,1-6H3,(H,16,17). The number of esters is 1. The van der Waals surface area contributed by atoms with Crippen LogP contribution < -0.4 is 5.32 Å². The molecule has 0 bridgehead atoms. The molecule has 0 aromatic rings. The fourth-order valence-corrected chi connectivity index (χ4v) is 2.55. The number of nitrogens with zero attached hydrogens (tertiary/aromatic N) is 2. The zero-order chi connectivity index (χ0) is 16.0. The summed E-state index contributed by atoms with van der Waals surface area (Å²) in [6.45, 7) is 11.6. The minimum absolute atomic E-state index is 0.0626. The number of rotatable bonds is 5. The molecule has 1 rings (SSSR count). The van der Waals surface area contributed by atoms with E-state index in [4.69, 9.17) is 9.73 Å². The van der Waals surface area contributed by atoms with Crippen LogP contribution >= 0.6 is 11.8 Å². The first-order valence-electron chi connectivity index (χ1n) is 7.50. The molecule has 5 nitrogen and oxygen atoms in total. The average molecular weight is 315 g/mol. The Morgan fingerprint density at radius 1 is 1.48 bits per heavy atom. The SMILES string of the molecule is CCNC(=NCC(C)(C)SC)N1CC(C)C(C(=O)OC)C1. The number of ether oxygens (including phenoxy) is 1. The van der Waals surface area contributed by atoms with E-state index in [0.717, 1.165) is 25.6 Å². The first-order chi connectivity index (χ1) is 9.84. The molecule has 0 spiro atoms. The zero-order valence-electron chi connectivity index (χ0n) is 14.1. The van der Waals surface area contributed by atoms with Crippen molar-refractivity contribution < 1.29 is 9.53 Å². The third-order valence-electron chi connectivity index (χ3n) is 3.91. The molecule has 2 unspecified atom stereocenters. The molecule has 0 aliphatic carbocycles. The summed E-state index contributed by atoms with van der Waals surface area (Å²) in [5.74, 6) is 1.01. The summed E-state index contributed by atoms with van der Waals surface area (Å²) in [6, 6.07) is 0. The van der Waals surface area contributed by atoms with E-state index >= 15 is 0 Å². The van der Waals surface area contributed by atoms with E-state index in [1.807, 2.05) is 11.8 Å². The first-order valence-corrected chi connectivity index (χ1v) is 8.73. The maximum Gasteiger partial charge on any atom is 0.310 e. The third kappa shape index (κ3) is 5.09. The first kappa shape index (κ1) is 18.1. The molecule has 2 atom stereocenters. The number of guanidine groups is 1. The van der Waals surface area contributed by atoms with Crippen LogP contribution in [0.15, 0.2) is 4.99 Å². The third-order valence-corrected chi connectivity index (χ3v) is 5.15. The van der Waals surface area contributed by atoms with Gasteiger partial charge in [0.25, 0.3) is 0 Å². The van der Waals surface area contributed by atoms with Crippen molar-refractivity contribution >= 4 is 23.7 Å². The molecule has 1 saturated heterocycles. The highest BCUT2D eigenvalue weighted by Crippen LogP contribution is 2.25. The molecule has 0 saturated carbocycles. The molecule has 1 heterocycles. The Bertz CT molecular complexity index is 385. The number of methoxy groups -OCH3 is 1. The van der Waals surface area contributed by atoms with Crippen LogP contribution in [-0.4, -0.2) is 61.1 Å². The van der Waals surface area contributed by atoms with Crippen molar-refractivity contribution in [1.82, 2.24) is 10.2 Å². The van der Waals surface area contributed by atoms with Crippen LogP contribution in [0, 0.1) is 11.8 Å². The molecule has 1 aliphatic rings. The molecule has 0 amide bonds. The summed E-state index contributed by atoms with van der Waals surface area (Å²) in [7, 11) is 1.46. The lowest BCUT2D eigenvalue weighted by atomic mass is 9.99. The van der Waals surface area contributed by atoms with Crippen LogP contribution in [-0.2, 0) is 9.53 Å². The Balaban J connectivity index is 2.78. The predicted octanol–water partition coefficient (Wildman–Crippen LogP) is 1.83. The average Bonchev–Trinajstić information content (AvgIpc) is 2.84. The van der Waals surface area contributed by atoms with Gasteiger partial charge >= 0.3 is 5.97 Å². The summed E-state index contributed by atoms with van der Waals surface area (Å²) >= 11 is 1.81. The van der Waals surface area contributed by atoms with Gasteiger partial charge in [0.2, 0.25) is 0 Å². The quantitative estimate of drug-likeness (QED) is 0.476. The van der Waals surface area contributed by atoms with Gasteiger partial charge in [-0.25, -0.2) is 0 Å². The Morgan fingerprint density at radius 3 is 2.67 bits per heavy atom. The second-order valence-corrected chi connectivity index (χ2v) is 7.66. The van der Waals surface area contributed by atoms with E-state index in [0.29, 0.717) is 6.54 Å². The number of carbonyl (C=O) groups is 1. The van der Waals surface area contributed by atoms with Crippen LogP contribution in [0.3, 0.4) is 0 Å². The highest BCUT2D eigenvalue weighted by molar-refractivity contribution is 7.99. The molecule has 0 radical (unpaired) electrons. The van der Waals surface area contributed by atoms with Gasteiger partial charge in [-0.3, -0.25) is 9.79 Å². The zero-order valence-corrected chi connectivity index (χ0v) is 14.9. The lowest BCUT2D eigenvalue weighted by molar-refractivity contribution is -0.145. The van der Waals surface area contributed by atoms with Gasteiger partial charge in [-0.2, -0.15) is 11.8 Å². The van der Waals surface area contributed by atoms with Gasteiger partial charge in [-0.15, -0.1) is 0 Å². The number of nitrogens with one attached hydrogen (secondary N) is 1. The molecule has 0 aromatic heterocycles. The van der Waals surface area contributed by atoms with Gasteiger partial charge in [-0.1, -0.05) is 6.92 Å². The number of hydrogen-bond donors (Lipinski definition) is 1. The number of likely N-dealkylation sites (tertiary alicyclic amines) is 1. The molecule has 122 valence electrons. The van der Waals surface area contributed by atoms with Gasteiger partial charge in [0.05, 0.1) is 19.6 Å². The van der Waals surface area contributed by atoms with Crippen LogP contribution in [0.4, 0.5) is 0 Å².